The molecule has 0 N–H and O–H groups in total. The molecule has 3 rings (SSSR count). The van der Waals surface area contributed by atoms with E-state index >= 15 is 0 Å². The molecule has 0 saturated heterocycles. The van der Waals surface area contributed by atoms with Gasteiger partial charge >= 0.3 is 12.1 Å². The Morgan fingerprint density at radius 2 is 1.82 bits per heavy atom. The summed E-state index contributed by atoms with van der Waals surface area (Å²) < 4.78 is 69.7. The van der Waals surface area contributed by atoms with Crippen LogP contribution in [-0.2, 0) is 17.5 Å². The van der Waals surface area contributed by atoms with Gasteiger partial charge in [-0.1, -0.05) is 17.7 Å². The van der Waals surface area contributed by atoms with Gasteiger partial charge in [-0.3, -0.25) is 4.79 Å². The van der Waals surface area contributed by atoms with Crippen molar-refractivity contribution in [1.82, 2.24) is 10.2 Å². The standard InChI is InChI=1S/C17H9ClF5N3O2/c18-12-6-11(3-4-13(12)19)26(8-27)7-10-2-1-9(5-14(10)20)15-24-25-16(28-15)17(21,22)23/h1-6,8H,7H2. The molecule has 0 bridgehead atoms. The largest absolute Gasteiger partial charge is 0.470 e. The Kier molecular flexibility index (Phi) is 5.32. The lowest BCUT2D eigenvalue weighted by atomic mass is 10.1. The van der Waals surface area contributed by atoms with Crippen molar-refractivity contribution < 1.29 is 31.2 Å². The molecule has 0 aliphatic rings. The van der Waals surface area contributed by atoms with E-state index in [1.165, 1.54) is 24.3 Å². The maximum atomic E-state index is 14.4. The monoisotopic (exact) mass is 417 g/mol. The summed E-state index contributed by atoms with van der Waals surface area (Å²) in [6.07, 6.45) is -4.41. The summed E-state index contributed by atoms with van der Waals surface area (Å²) in [7, 11) is 0. The van der Waals surface area contributed by atoms with E-state index in [1.54, 1.807) is 0 Å². The van der Waals surface area contributed by atoms with Crippen LogP contribution in [0.4, 0.5) is 27.6 Å². The van der Waals surface area contributed by atoms with E-state index in [0.717, 1.165) is 17.0 Å². The Morgan fingerprint density at radius 1 is 1.07 bits per heavy atom. The number of carbonyl (C=O) groups excluding carboxylic acids is 1. The zero-order chi connectivity index (χ0) is 20.5. The minimum atomic E-state index is -4.81. The van der Waals surface area contributed by atoms with Crippen LogP contribution in [0.3, 0.4) is 0 Å². The molecule has 3 aromatic rings. The molecule has 1 heterocycles. The molecular weight excluding hydrogens is 409 g/mol. The highest BCUT2D eigenvalue weighted by Crippen LogP contribution is 2.31. The van der Waals surface area contributed by atoms with Gasteiger partial charge in [-0.2, -0.15) is 13.2 Å². The van der Waals surface area contributed by atoms with Crippen LogP contribution < -0.4 is 4.90 Å². The number of hydrogen-bond donors (Lipinski definition) is 0. The molecule has 0 spiro atoms. The van der Waals surface area contributed by atoms with Gasteiger partial charge in [-0.05, 0) is 30.3 Å². The highest BCUT2D eigenvalue weighted by atomic mass is 35.5. The van der Waals surface area contributed by atoms with Gasteiger partial charge in [0.1, 0.15) is 11.6 Å². The minimum Gasteiger partial charge on any atom is -0.413 e. The summed E-state index contributed by atoms with van der Waals surface area (Å²) in [5, 5.41) is 5.91. The molecule has 0 aliphatic carbocycles. The maximum Gasteiger partial charge on any atom is 0.470 e. The second-order valence-electron chi connectivity index (χ2n) is 5.55. The Balaban J connectivity index is 1.84. The van der Waals surface area contributed by atoms with Gasteiger partial charge in [0.2, 0.25) is 12.3 Å². The third kappa shape index (κ3) is 4.11. The van der Waals surface area contributed by atoms with Gasteiger partial charge < -0.3 is 9.32 Å². The van der Waals surface area contributed by atoms with Crippen molar-refractivity contribution in [2.75, 3.05) is 4.90 Å². The minimum absolute atomic E-state index is 0.0480. The predicted molar refractivity (Wildman–Crippen MR) is 88.4 cm³/mol. The quantitative estimate of drug-likeness (QED) is 0.440. The fourth-order valence-electron chi connectivity index (χ4n) is 2.30. The predicted octanol–water partition coefficient (Wildman–Crippen LogP) is 4.85. The van der Waals surface area contributed by atoms with E-state index in [-0.39, 0.29) is 28.4 Å². The summed E-state index contributed by atoms with van der Waals surface area (Å²) in [6, 6.07) is 6.98. The number of carbonyl (C=O) groups is 1. The lowest BCUT2D eigenvalue weighted by Crippen LogP contribution is -2.21. The Hall–Kier alpha value is -3.01. The second-order valence-corrected chi connectivity index (χ2v) is 5.96. The normalized spacial score (nSPS) is 11.5. The number of halogens is 6. The fourth-order valence-corrected chi connectivity index (χ4v) is 2.47. The molecule has 0 fully saturated rings. The molecule has 28 heavy (non-hydrogen) atoms. The van der Waals surface area contributed by atoms with Gasteiger partial charge in [0.25, 0.3) is 0 Å². The van der Waals surface area contributed by atoms with Crippen LogP contribution in [0.25, 0.3) is 11.5 Å². The van der Waals surface area contributed by atoms with Gasteiger partial charge in [0.05, 0.1) is 11.6 Å². The molecule has 0 radical (unpaired) electrons. The van der Waals surface area contributed by atoms with Gasteiger partial charge in [-0.25, -0.2) is 8.78 Å². The zero-order valence-corrected chi connectivity index (χ0v) is 14.4. The summed E-state index contributed by atoms with van der Waals surface area (Å²) in [5.74, 6) is -3.54. The Labute approximate surface area is 159 Å². The number of hydrogen-bond acceptors (Lipinski definition) is 4. The van der Waals surface area contributed by atoms with Crippen LogP contribution in [0.1, 0.15) is 11.5 Å². The van der Waals surface area contributed by atoms with Crippen molar-refractivity contribution >= 4 is 23.7 Å². The van der Waals surface area contributed by atoms with Crippen molar-refractivity contribution in [2.45, 2.75) is 12.7 Å². The number of nitrogens with zero attached hydrogens (tertiary/aromatic N) is 3. The van der Waals surface area contributed by atoms with Crippen molar-refractivity contribution in [3.05, 3.63) is 64.5 Å². The molecule has 0 saturated carbocycles. The second kappa shape index (κ2) is 7.55. The number of benzene rings is 2. The first kappa shape index (κ1) is 19.7. The molecule has 0 aliphatic heterocycles. The Morgan fingerprint density at radius 3 is 2.39 bits per heavy atom. The maximum absolute atomic E-state index is 14.4. The van der Waals surface area contributed by atoms with Crippen LogP contribution in [0.15, 0.2) is 40.8 Å². The van der Waals surface area contributed by atoms with Crippen molar-refractivity contribution in [2.24, 2.45) is 0 Å². The summed E-state index contributed by atoms with van der Waals surface area (Å²) in [5.41, 5.74) is 0.218. The van der Waals surface area contributed by atoms with Crippen LogP contribution in [0.2, 0.25) is 5.02 Å². The summed E-state index contributed by atoms with van der Waals surface area (Å²) in [4.78, 5) is 12.4. The van der Waals surface area contributed by atoms with Crippen molar-refractivity contribution in [3.8, 4) is 11.5 Å². The van der Waals surface area contributed by atoms with Gasteiger partial charge in [-0.15, -0.1) is 10.2 Å². The van der Waals surface area contributed by atoms with E-state index in [9.17, 15) is 26.7 Å². The average Bonchev–Trinajstić information content (AvgIpc) is 3.14. The molecule has 146 valence electrons. The van der Waals surface area contributed by atoms with E-state index in [1.807, 2.05) is 0 Å². The van der Waals surface area contributed by atoms with Crippen LogP contribution in [0.5, 0.6) is 0 Å². The molecule has 5 nitrogen and oxygen atoms in total. The summed E-state index contributed by atoms with van der Waals surface area (Å²) >= 11 is 5.68. The first-order valence-electron chi connectivity index (χ1n) is 7.55. The van der Waals surface area contributed by atoms with Gasteiger partial charge in [0.15, 0.2) is 0 Å². The van der Waals surface area contributed by atoms with Crippen LogP contribution >= 0.6 is 11.6 Å². The van der Waals surface area contributed by atoms with Crippen LogP contribution in [0, 0.1) is 11.6 Å². The molecular formula is C17H9ClF5N3O2. The van der Waals surface area contributed by atoms with Crippen molar-refractivity contribution in [1.29, 1.82) is 0 Å². The molecule has 1 aromatic heterocycles. The van der Waals surface area contributed by atoms with Crippen molar-refractivity contribution in [3.63, 3.8) is 0 Å². The van der Waals surface area contributed by atoms with E-state index < -0.39 is 29.6 Å². The third-order valence-corrected chi connectivity index (χ3v) is 3.96. The third-order valence-electron chi connectivity index (χ3n) is 3.67. The van der Waals surface area contributed by atoms with E-state index in [4.69, 9.17) is 11.6 Å². The number of aromatic nitrogens is 2. The van der Waals surface area contributed by atoms with Gasteiger partial charge in [0, 0.05) is 16.8 Å². The number of rotatable bonds is 5. The van der Waals surface area contributed by atoms with E-state index in [0.29, 0.717) is 6.41 Å². The number of anilines is 1. The van der Waals surface area contributed by atoms with Crippen LogP contribution in [-0.4, -0.2) is 16.6 Å². The molecule has 1 amide bonds. The number of amides is 1. The molecule has 0 unspecified atom stereocenters. The average molecular weight is 418 g/mol. The first-order valence-corrected chi connectivity index (χ1v) is 7.93. The SMILES string of the molecule is O=CN(Cc1ccc(-c2nnc(C(F)(F)F)o2)cc1F)c1ccc(F)c(Cl)c1. The lowest BCUT2D eigenvalue weighted by Gasteiger charge is -2.18. The highest BCUT2D eigenvalue weighted by molar-refractivity contribution is 6.31. The topological polar surface area (TPSA) is 59.2 Å². The Bertz CT molecular complexity index is 1020. The fraction of sp³-hybridized carbons (Fsp3) is 0.118. The molecule has 0 atom stereocenters. The highest BCUT2D eigenvalue weighted by Gasteiger charge is 2.38. The van der Waals surface area contributed by atoms with E-state index in [2.05, 4.69) is 14.6 Å². The summed E-state index contributed by atoms with van der Waals surface area (Å²) in [6.45, 7) is -0.227. The molecule has 2 aromatic carbocycles. The zero-order valence-electron chi connectivity index (χ0n) is 13.7. The lowest BCUT2D eigenvalue weighted by molar-refractivity contribution is -0.156. The smallest absolute Gasteiger partial charge is 0.413 e. The molecule has 11 heteroatoms. The number of alkyl halides is 3. The first-order chi connectivity index (χ1) is 13.2.